The van der Waals surface area contributed by atoms with Crippen LogP contribution in [0.15, 0.2) is 59.8 Å². The van der Waals surface area contributed by atoms with E-state index >= 15 is 0 Å². The number of hydrogen-bond acceptors (Lipinski definition) is 4. The highest BCUT2D eigenvalue weighted by atomic mass is 32.2. The summed E-state index contributed by atoms with van der Waals surface area (Å²) in [6, 6.07) is 18.1. The topological polar surface area (TPSA) is 39.9 Å². The molecule has 0 amide bonds. The van der Waals surface area contributed by atoms with Gasteiger partial charge >= 0.3 is 0 Å². The molecule has 112 valence electrons. The molecule has 0 aliphatic rings. The SMILES string of the molecule is CCSc1nnc(-c2ccc(OC)cc2)n1-c1ccccc1. The minimum atomic E-state index is 0.831. The van der Waals surface area contributed by atoms with Crippen LogP contribution in [0.4, 0.5) is 0 Å². The maximum atomic E-state index is 5.22. The molecule has 1 aromatic heterocycles. The van der Waals surface area contributed by atoms with E-state index in [1.165, 1.54) is 0 Å². The van der Waals surface area contributed by atoms with Crippen LogP contribution in [0.5, 0.6) is 5.75 Å². The van der Waals surface area contributed by atoms with Crippen LogP contribution in [0.3, 0.4) is 0 Å². The summed E-state index contributed by atoms with van der Waals surface area (Å²) in [4.78, 5) is 0. The van der Waals surface area contributed by atoms with Crippen molar-refractivity contribution < 1.29 is 4.74 Å². The fourth-order valence-corrected chi connectivity index (χ4v) is 2.91. The average molecular weight is 311 g/mol. The molecule has 0 saturated heterocycles. The molecule has 0 unspecified atom stereocenters. The predicted molar refractivity (Wildman–Crippen MR) is 89.7 cm³/mol. The Bertz CT molecular complexity index is 738. The van der Waals surface area contributed by atoms with E-state index in [4.69, 9.17) is 4.74 Å². The second-order valence-electron chi connectivity index (χ2n) is 4.64. The third-order valence-electron chi connectivity index (χ3n) is 3.27. The van der Waals surface area contributed by atoms with Crippen LogP contribution in [0.1, 0.15) is 6.92 Å². The molecule has 0 saturated carbocycles. The van der Waals surface area contributed by atoms with Crippen molar-refractivity contribution in [1.29, 1.82) is 0 Å². The summed E-state index contributed by atoms with van der Waals surface area (Å²) in [6.07, 6.45) is 0. The molecule has 0 spiro atoms. The number of nitrogens with zero attached hydrogens (tertiary/aromatic N) is 3. The van der Waals surface area contributed by atoms with E-state index in [1.807, 2.05) is 42.5 Å². The minimum Gasteiger partial charge on any atom is -0.497 e. The van der Waals surface area contributed by atoms with E-state index in [9.17, 15) is 0 Å². The van der Waals surface area contributed by atoms with Gasteiger partial charge in [-0.05, 0) is 42.2 Å². The van der Waals surface area contributed by atoms with Crippen molar-refractivity contribution >= 4 is 11.8 Å². The molecule has 0 aliphatic heterocycles. The third kappa shape index (κ3) is 2.85. The lowest BCUT2D eigenvalue weighted by molar-refractivity contribution is 0.415. The van der Waals surface area contributed by atoms with Gasteiger partial charge in [-0.25, -0.2) is 0 Å². The zero-order valence-electron chi connectivity index (χ0n) is 12.6. The summed E-state index contributed by atoms with van der Waals surface area (Å²) < 4.78 is 7.31. The van der Waals surface area contributed by atoms with Gasteiger partial charge in [0.25, 0.3) is 0 Å². The molecule has 0 N–H and O–H groups in total. The van der Waals surface area contributed by atoms with Gasteiger partial charge in [-0.3, -0.25) is 4.57 Å². The first-order chi connectivity index (χ1) is 10.8. The van der Waals surface area contributed by atoms with E-state index in [0.29, 0.717) is 0 Å². The number of ether oxygens (including phenoxy) is 1. The standard InChI is InChI=1S/C17H17N3OS/c1-3-22-17-19-18-16(13-9-11-15(21-2)12-10-13)20(17)14-7-5-4-6-8-14/h4-12H,3H2,1-2H3. The largest absolute Gasteiger partial charge is 0.497 e. The van der Waals surface area contributed by atoms with Gasteiger partial charge in [0.15, 0.2) is 11.0 Å². The normalized spacial score (nSPS) is 10.6. The number of aromatic nitrogens is 3. The van der Waals surface area contributed by atoms with Crippen molar-refractivity contribution in [1.82, 2.24) is 14.8 Å². The lowest BCUT2D eigenvalue weighted by Crippen LogP contribution is -1.99. The van der Waals surface area contributed by atoms with Crippen molar-refractivity contribution in [3.05, 3.63) is 54.6 Å². The zero-order valence-corrected chi connectivity index (χ0v) is 13.4. The number of thioether (sulfide) groups is 1. The lowest BCUT2D eigenvalue weighted by atomic mass is 10.2. The summed E-state index contributed by atoms with van der Waals surface area (Å²) in [5.41, 5.74) is 2.08. The maximum absolute atomic E-state index is 5.22. The summed E-state index contributed by atoms with van der Waals surface area (Å²) >= 11 is 1.68. The van der Waals surface area contributed by atoms with E-state index in [2.05, 4.69) is 33.8 Å². The van der Waals surface area contributed by atoms with Gasteiger partial charge in [-0.15, -0.1) is 10.2 Å². The highest BCUT2D eigenvalue weighted by Crippen LogP contribution is 2.28. The second kappa shape index (κ2) is 6.66. The summed E-state index contributed by atoms with van der Waals surface area (Å²) in [7, 11) is 1.66. The number of methoxy groups -OCH3 is 1. The number of hydrogen-bond donors (Lipinski definition) is 0. The van der Waals surface area contributed by atoms with Crippen molar-refractivity contribution in [2.24, 2.45) is 0 Å². The quantitative estimate of drug-likeness (QED) is 0.666. The van der Waals surface area contributed by atoms with E-state index in [0.717, 1.165) is 33.7 Å². The van der Waals surface area contributed by atoms with E-state index in [-0.39, 0.29) is 0 Å². The third-order valence-corrected chi connectivity index (χ3v) is 4.08. The van der Waals surface area contributed by atoms with Gasteiger partial charge in [0.1, 0.15) is 5.75 Å². The Hall–Kier alpha value is -2.27. The van der Waals surface area contributed by atoms with Crippen LogP contribution in [0.25, 0.3) is 17.1 Å². The molecule has 4 nitrogen and oxygen atoms in total. The molecule has 3 rings (SSSR count). The van der Waals surface area contributed by atoms with Gasteiger partial charge < -0.3 is 4.74 Å². The first kappa shape index (κ1) is 14.7. The van der Waals surface area contributed by atoms with E-state index in [1.54, 1.807) is 18.9 Å². The number of benzene rings is 2. The first-order valence-corrected chi connectivity index (χ1v) is 8.10. The van der Waals surface area contributed by atoms with Gasteiger partial charge in [-0.2, -0.15) is 0 Å². The summed E-state index contributed by atoms with van der Waals surface area (Å²) in [6.45, 7) is 2.11. The molecule has 0 bridgehead atoms. The highest BCUT2D eigenvalue weighted by Gasteiger charge is 2.15. The summed E-state index contributed by atoms with van der Waals surface area (Å²) in [5, 5.41) is 9.64. The molecule has 3 aromatic rings. The molecule has 0 aliphatic carbocycles. The molecule has 2 aromatic carbocycles. The fraction of sp³-hybridized carbons (Fsp3) is 0.176. The van der Waals surface area contributed by atoms with Crippen LogP contribution in [0, 0.1) is 0 Å². The molecule has 0 radical (unpaired) electrons. The molecular formula is C17H17N3OS. The smallest absolute Gasteiger partial charge is 0.196 e. The zero-order chi connectivity index (χ0) is 15.4. The Kier molecular flexibility index (Phi) is 4.44. The van der Waals surface area contributed by atoms with E-state index < -0.39 is 0 Å². The van der Waals surface area contributed by atoms with Gasteiger partial charge in [0.05, 0.1) is 7.11 Å². The van der Waals surface area contributed by atoms with Gasteiger partial charge in [-0.1, -0.05) is 36.9 Å². The molecular weight excluding hydrogens is 294 g/mol. The number of para-hydroxylation sites is 1. The molecule has 22 heavy (non-hydrogen) atoms. The highest BCUT2D eigenvalue weighted by molar-refractivity contribution is 7.99. The van der Waals surface area contributed by atoms with Crippen LogP contribution < -0.4 is 4.74 Å². The van der Waals surface area contributed by atoms with Crippen LogP contribution in [-0.4, -0.2) is 27.6 Å². The van der Waals surface area contributed by atoms with Gasteiger partial charge in [0.2, 0.25) is 0 Å². The predicted octanol–water partition coefficient (Wildman–Crippen LogP) is 4.05. The fourth-order valence-electron chi connectivity index (χ4n) is 2.23. The molecule has 0 atom stereocenters. The van der Waals surface area contributed by atoms with Crippen molar-refractivity contribution in [2.45, 2.75) is 12.1 Å². The Balaban J connectivity index is 2.11. The molecule has 0 fully saturated rings. The van der Waals surface area contributed by atoms with Crippen molar-refractivity contribution in [3.8, 4) is 22.8 Å². The Morgan fingerprint density at radius 2 is 1.73 bits per heavy atom. The monoisotopic (exact) mass is 311 g/mol. The lowest BCUT2D eigenvalue weighted by Gasteiger charge is -2.10. The Morgan fingerprint density at radius 3 is 2.36 bits per heavy atom. The van der Waals surface area contributed by atoms with Gasteiger partial charge in [0, 0.05) is 11.3 Å². The summed E-state index contributed by atoms with van der Waals surface area (Å²) in [5.74, 6) is 2.62. The first-order valence-electron chi connectivity index (χ1n) is 7.11. The number of rotatable bonds is 5. The molecule has 1 heterocycles. The average Bonchev–Trinajstić information content (AvgIpc) is 3.00. The maximum Gasteiger partial charge on any atom is 0.196 e. The van der Waals surface area contributed by atoms with Crippen molar-refractivity contribution in [2.75, 3.05) is 12.9 Å². The molecule has 5 heteroatoms. The van der Waals surface area contributed by atoms with Crippen molar-refractivity contribution in [3.63, 3.8) is 0 Å². The Morgan fingerprint density at radius 1 is 1.00 bits per heavy atom. The van der Waals surface area contributed by atoms with Crippen LogP contribution in [0.2, 0.25) is 0 Å². The Labute approximate surface area is 134 Å². The van der Waals surface area contributed by atoms with Crippen LogP contribution >= 0.6 is 11.8 Å². The van der Waals surface area contributed by atoms with Crippen LogP contribution in [-0.2, 0) is 0 Å². The minimum absolute atomic E-state index is 0.831. The second-order valence-corrected chi connectivity index (χ2v) is 5.87.